The van der Waals surface area contributed by atoms with Gasteiger partial charge < -0.3 is 15.4 Å². The molecule has 0 saturated heterocycles. The molecule has 1 saturated carbocycles. The molecule has 2 N–H and O–H groups in total. The minimum atomic E-state index is 0.581. The van der Waals surface area contributed by atoms with E-state index in [1.807, 2.05) is 30.5 Å². The van der Waals surface area contributed by atoms with Gasteiger partial charge in [-0.2, -0.15) is 0 Å². The molecule has 0 radical (unpaired) electrons. The molecule has 26 heavy (non-hydrogen) atoms. The van der Waals surface area contributed by atoms with E-state index in [-0.39, 0.29) is 0 Å². The second-order valence-electron chi connectivity index (χ2n) is 6.68. The third-order valence-corrected chi connectivity index (χ3v) is 4.44. The number of nitrogens with zero attached hydrogens (tertiary/aromatic N) is 2. The molecular formula is C21H28N4O. The lowest BCUT2D eigenvalue weighted by atomic mass is 10.2. The predicted molar refractivity (Wildman–Crippen MR) is 105 cm³/mol. The van der Waals surface area contributed by atoms with E-state index in [1.54, 1.807) is 0 Å². The van der Waals surface area contributed by atoms with Crippen LogP contribution in [0.25, 0.3) is 0 Å². The van der Waals surface area contributed by atoms with E-state index >= 15 is 0 Å². The predicted octanol–water partition coefficient (Wildman–Crippen LogP) is 3.43. The molecule has 1 fully saturated rings. The zero-order chi connectivity index (χ0) is 18.2. The van der Waals surface area contributed by atoms with Crippen LogP contribution in [0, 0.1) is 12.8 Å². The van der Waals surface area contributed by atoms with Crippen molar-refractivity contribution in [3.63, 3.8) is 0 Å². The van der Waals surface area contributed by atoms with Crippen LogP contribution in [-0.2, 0) is 13.1 Å². The maximum atomic E-state index is 5.98. The molecule has 0 bridgehead atoms. The Bertz CT molecular complexity index is 740. The zero-order valence-corrected chi connectivity index (χ0v) is 15.7. The number of benzene rings is 1. The van der Waals surface area contributed by atoms with Crippen LogP contribution >= 0.6 is 0 Å². The quantitative estimate of drug-likeness (QED) is 0.564. The molecule has 0 amide bonds. The van der Waals surface area contributed by atoms with E-state index in [0.717, 1.165) is 42.0 Å². The smallest absolute Gasteiger partial charge is 0.191 e. The Kier molecular flexibility index (Phi) is 6.47. The van der Waals surface area contributed by atoms with Crippen LogP contribution < -0.4 is 15.4 Å². The van der Waals surface area contributed by atoms with Crippen LogP contribution in [-0.4, -0.2) is 24.1 Å². The lowest BCUT2D eigenvalue weighted by Gasteiger charge is -2.13. The van der Waals surface area contributed by atoms with Crippen LogP contribution in [0.5, 0.6) is 5.75 Å². The third kappa shape index (κ3) is 5.48. The van der Waals surface area contributed by atoms with Gasteiger partial charge in [0.05, 0.1) is 25.4 Å². The van der Waals surface area contributed by atoms with E-state index in [9.17, 15) is 0 Å². The topological polar surface area (TPSA) is 58.5 Å². The van der Waals surface area contributed by atoms with Crippen molar-refractivity contribution in [3.05, 3.63) is 59.4 Å². The van der Waals surface area contributed by atoms with Crippen LogP contribution in [0.2, 0.25) is 0 Å². The Morgan fingerprint density at radius 2 is 2.04 bits per heavy atom. The Labute approximate surface area is 155 Å². The number of rotatable bonds is 8. The van der Waals surface area contributed by atoms with Crippen molar-refractivity contribution < 1.29 is 4.74 Å². The summed E-state index contributed by atoms with van der Waals surface area (Å²) in [6, 6.07) is 12.2. The number of aromatic nitrogens is 1. The van der Waals surface area contributed by atoms with Crippen LogP contribution in [0.15, 0.2) is 47.6 Å². The van der Waals surface area contributed by atoms with Gasteiger partial charge in [-0.1, -0.05) is 24.3 Å². The lowest BCUT2D eigenvalue weighted by molar-refractivity contribution is 0.297. The van der Waals surface area contributed by atoms with Crippen molar-refractivity contribution in [3.8, 4) is 5.75 Å². The first-order valence-corrected chi connectivity index (χ1v) is 9.39. The van der Waals surface area contributed by atoms with Crippen LogP contribution in [0.1, 0.15) is 36.6 Å². The largest absolute Gasteiger partial charge is 0.493 e. The number of para-hydroxylation sites is 1. The summed E-state index contributed by atoms with van der Waals surface area (Å²) in [5.74, 6) is 2.47. The second-order valence-corrected chi connectivity index (χ2v) is 6.68. The van der Waals surface area contributed by atoms with Crippen molar-refractivity contribution in [2.24, 2.45) is 10.9 Å². The molecule has 0 unspecified atom stereocenters. The third-order valence-electron chi connectivity index (χ3n) is 4.44. The number of pyridine rings is 1. The number of aliphatic imine (C=N–C) groups is 1. The molecule has 1 aromatic heterocycles. The Balaban J connectivity index is 1.62. The molecule has 0 aliphatic heterocycles. The Morgan fingerprint density at radius 1 is 1.19 bits per heavy atom. The summed E-state index contributed by atoms with van der Waals surface area (Å²) in [4.78, 5) is 9.14. The number of hydrogen-bond donors (Lipinski definition) is 2. The summed E-state index contributed by atoms with van der Waals surface area (Å²) in [5, 5.41) is 6.66. The Hall–Kier alpha value is -2.56. The molecule has 2 aromatic rings. The number of hydrogen-bond acceptors (Lipinski definition) is 3. The molecule has 1 aliphatic rings. The summed E-state index contributed by atoms with van der Waals surface area (Å²) >= 11 is 0. The van der Waals surface area contributed by atoms with Crippen LogP contribution in [0.3, 0.4) is 0 Å². The van der Waals surface area contributed by atoms with E-state index < -0.39 is 0 Å². The lowest BCUT2D eigenvalue weighted by Crippen LogP contribution is -2.37. The van der Waals surface area contributed by atoms with Crippen molar-refractivity contribution in [1.82, 2.24) is 15.6 Å². The van der Waals surface area contributed by atoms with E-state index in [1.165, 1.54) is 18.4 Å². The van der Waals surface area contributed by atoms with E-state index in [4.69, 9.17) is 9.73 Å². The molecule has 3 rings (SSSR count). The fraction of sp³-hybridized carbons (Fsp3) is 0.429. The van der Waals surface area contributed by atoms with Crippen molar-refractivity contribution in [2.75, 3.05) is 13.2 Å². The average molecular weight is 352 g/mol. The average Bonchev–Trinajstić information content (AvgIpc) is 3.48. The van der Waals surface area contributed by atoms with E-state index in [2.05, 4.69) is 41.6 Å². The summed E-state index contributed by atoms with van der Waals surface area (Å²) in [6.45, 7) is 7.00. The minimum Gasteiger partial charge on any atom is -0.493 e. The summed E-state index contributed by atoms with van der Waals surface area (Å²) < 4.78 is 5.98. The fourth-order valence-electron chi connectivity index (χ4n) is 2.64. The van der Waals surface area contributed by atoms with Gasteiger partial charge in [-0.05, 0) is 50.3 Å². The molecule has 1 aliphatic carbocycles. The number of ether oxygens (including phenoxy) is 1. The number of nitrogens with one attached hydrogen (secondary N) is 2. The molecule has 0 spiro atoms. The number of guanidine groups is 1. The highest BCUT2D eigenvalue weighted by atomic mass is 16.5. The zero-order valence-electron chi connectivity index (χ0n) is 15.7. The van der Waals surface area contributed by atoms with Crippen molar-refractivity contribution >= 4 is 5.96 Å². The fourth-order valence-corrected chi connectivity index (χ4v) is 2.64. The highest BCUT2D eigenvalue weighted by Gasteiger charge is 2.22. The second kappa shape index (κ2) is 9.22. The highest BCUT2D eigenvalue weighted by molar-refractivity contribution is 5.79. The summed E-state index contributed by atoms with van der Waals surface area (Å²) in [6.07, 6.45) is 4.41. The first kappa shape index (κ1) is 18.2. The summed E-state index contributed by atoms with van der Waals surface area (Å²) in [7, 11) is 0. The van der Waals surface area contributed by atoms with Gasteiger partial charge >= 0.3 is 0 Å². The molecule has 0 atom stereocenters. The van der Waals surface area contributed by atoms with Gasteiger partial charge in [0.1, 0.15) is 5.75 Å². The molecule has 1 heterocycles. The maximum absolute atomic E-state index is 5.98. The highest BCUT2D eigenvalue weighted by Crippen LogP contribution is 2.30. The minimum absolute atomic E-state index is 0.581. The molecule has 5 heteroatoms. The van der Waals surface area contributed by atoms with Crippen molar-refractivity contribution in [1.29, 1.82) is 0 Å². The molecular weight excluding hydrogens is 324 g/mol. The van der Waals surface area contributed by atoms with Gasteiger partial charge in [0, 0.05) is 18.3 Å². The van der Waals surface area contributed by atoms with Crippen molar-refractivity contribution in [2.45, 2.75) is 39.8 Å². The molecule has 1 aromatic carbocycles. The normalized spacial score (nSPS) is 14.2. The summed E-state index contributed by atoms with van der Waals surface area (Å²) in [5.41, 5.74) is 3.32. The van der Waals surface area contributed by atoms with Gasteiger partial charge in [-0.15, -0.1) is 0 Å². The first-order chi connectivity index (χ1) is 12.8. The van der Waals surface area contributed by atoms with Gasteiger partial charge in [0.25, 0.3) is 0 Å². The van der Waals surface area contributed by atoms with Gasteiger partial charge in [-0.25, -0.2) is 4.99 Å². The van der Waals surface area contributed by atoms with Gasteiger partial charge in [0.15, 0.2) is 5.96 Å². The maximum Gasteiger partial charge on any atom is 0.191 e. The van der Waals surface area contributed by atoms with Crippen LogP contribution in [0.4, 0.5) is 0 Å². The monoisotopic (exact) mass is 352 g/mol. The van der Waals surface area contributed by atoms with Gasteiger partial charge in [-0.3, -0.25) is 4.98 Å². The molecule has 5 nitrogen and oxygen atoms in total. The Morgan fingerprint density at radius 3 is 2.81 bits per heavy atom. The SMILES string of the molecule is CCNC(=NCc1ccccc1OCC1CC1)NCc1ncccc1C. The van der Waals surface area contributed by atoms with E-state index in [0.29, 0.717) is 13.1 Å². The molecule has 138 valence electrons. The number of aryl methyl sites for hydroxylation is 1. The first-order valence-electron chi connectivity index (χ1n) is 9.39. The standard InChI is InChI=1S/C21H28N4O/c1-3-22-21(25-14-19-16(2)7-6-12-23-19)24-13-18-8-4-5-9-20(18)26-15-17-10-11-17/h4-9,12,17H,3,10-11,13-15H2,1-2H3,(H2,22,24,25). The van der Waals surface area contributed by atoms with Gasteiger partial charge in [0.2, 0.25) is 0 Å².